The second-order valence-electron chi connectivity index (χ2n) is 9.45. The first-order valence-corrected chi connectivity index (χ1v) is 13.1. The first kappa shape index (κ1) is 23.4. The molecule has 2 aromatic carbocycles. The van der Waals surface area contributed by atoms with Gasteiger partial charge in [-0.3, -0.25) is 9.59 Å². The number of sulfone groups is 1. The highest BCUT2D eigenvalue weighted by Gasteiger charge is 2.41. The number of amides is 2. The van der Waals surface area contributed by atoms with Crippen LogP contribution in [0.5, 0.6) is 0 Å². The number of aryl methyl sites for hydroxylation is 1. The molecule has 176 valence electrons. The average Bonchev–Trinajstić information content (AvgIpc) is 3.53. The van der Waals surface area contributed by atoms with Gasteiger partial charge in [-0.2, -0.15) is 0 Å². The summed E-state index contributed by atoms with van der Waals surface area (Å²) in [5, 5.41) is 3.08. The maximum atomic E-state index is 14.2. The molecule has 0 bridgehead atoms. The van der Waals surface area contributed by atoms with Gasteiger partial charge < -0.3 is 10.2 Å². The second-order valence-corrected chi connectivity index (χ2v) is 11.5. The van der Waals surface area contributed by atoms with Crippen LogP contribution in [0.25, 0.3) is 0 Å². The quantitative estimate of drug-likeness (QED) is 0.696. The molecule has 0 unspecified atom stereocenters. The largest absolute Gasteiger partial charge is 0.347 e. The third kappa shape index (κ3) is 5.11. The number of carbonyl (C=O) groups is 2. The Hall–Kier alpha value is -2.74. The zero-order valence-electron chi connectivity index (χ0n) is 19.0. The van der Waals surface area contributed by atoms with Crippen molar-refractivity contribution in [3.63, 3.8) is 0 Å². The number of rotatable bonds is 6. The molecule has 0 aromatic heterocycles. The number of halogens is 1. The second kappa shape index (κ2) is 8.89. The highest BCUT2D eigenvalue weighted by atomic mass is 32.2. The Kier molecular flexibility index (Phi) is 6.31. The van der Waals surface area contributed by atoms with Crippen molar-refractivity contribution >= 4 is 21.7 Å². The van der Waals surface area contributed by atoms with Gasteiger partial charge in [0.2, 0.25) is 5.91 Å². The molecule has 4 rings (SSSR count). The fourth-order valence-electron chi connectivity index (χ4n) is 4.50. The Morgan fingerprint density at radius 1 is 1.15 bits per heavy atom. The van der Waals surface area contributed by atoms with Gasteiger partial charge in [-0.15, -0.1) is 0 Å². The minimum absolute atomic E-state index is 0.0665. The van der Waals surface area contributed by atoms with Crippen LogP contribution in [0.2, 0.25) is 0 Å². The average molecular weight is 473 g/mol. The van der Waals surface area contributed by atoms with Crippen LogP contribution in [-0.2, 0) is 14.6 Å². The molecule has 1 aliphatic heterocycles. The Morgan fingerprint density at radius 2 is 1.88 bits per heavy atom. The lowest BCUT2D eigenvalue weighted by Gasteiger charge is -2.27. The molecular weight excluding hydrogens is 443 g/mol. The molecule has 0 spiro atoms. The maximum Gasteiger partial charge on any atom is 0.254 e. The van der Waals surface area contributed by atoms with Gasteiger partial charge in [-0.05, 0) is 73.4 Å². The molecular formula is C25H29FN2O4S. The molecule has 1 N–H and O–H groups in total. The smallest absolute Gasteiger partial charge is 0.254 e. The minimum Gasteiger partial charge on any atom is -0.347 e. The molecule has 1 aliphatic carbocycles. The lowest BCUT2D eigenvalue weighted by molar-refractivity contribution is -0.125. The third-order valence-corrected chi connectivity index (χ3v) is 7.64. The lowest BCUT2D eigenvalue weighted by Crippen LogP contribution is -2.47. The van der Waals surface area contributed by atoms with Crippen molar-refractivity contribution in [2.75, 3.05) is 12.8 Å². The van der Waals surface area contributed by atoms with Crippen LogP contribution in [0.1, 0.15) is 53.7 Å². The summed E-state index contributed by atoms with van der Waals surface area (Å²) in [4.78, 5) is 28.2. The van der Waals surface area contributed by atoms with Gasteiger partial charge in [-0.1, -0.05) is 25.1 Å². The molecule has 6 nitrogen and oxygen atoms in total. The molecule has 2 amide bonds. The maximum absolute atomic E-state index is 14.2. The molecule has 8 heteroatoms. The van der Waals surface area contributed by atoms with Crippen LogP contribution in [-0.4, -0.2) is 44.0 Å². The summed E-state index contributed by atoms with van der Waals surface area (Å²) in [6.45, 7) is 4.09. The van der Waals surface area contributed by atoms with E-state index in [0.717, 1.165) is 24.7 Å². The van der Waals surface area contributed by atoms with Crippen LogP contribution >= 0.6 is 0 Å². The van der Waals surface area contributed by atoms with Crippen molar-refractivity contribution in [1.29, 1.82) is 0 Å². The summed E-state index contributed by atoms with van der Waals surface area (Å²) >= 11 is 0. The van der Waals surface area contributed by atoms with E-state index in [-0.39, 0.29) is 46.0 Å². The molecule has 33 heavy (non-hydrogen) atoms. The zero-order chi connectivity index (χ0) is 23.9. The summed E-state index contributed by atoms with van der Waals surface area (Å²) in [7, 11) is -3.46. The van der Waals surface area contributed by atoms with E-state index in [1.807, 2.05) is 13.0 Å². The highest BCUT2D eigenvalue weighted by Crippen LogP contribution is 2.41. The molecule has 3 atom stereocenters. The topological polar surface area (TPSA) is 83.6 Å². The van der Waals surface area contributed by atoms with Crippen molar-refractivity contribution in [1.82, 2.24) is 10.2 Å². The van der Waals surface area contributed by atoms with Crippen LogP contribution in [0, 0.1) is 24.6 Å². The fraction of sp³-hybridized carbons (Fsp3) is 0.440. The molecule has 0 radical (unpaired) electrons. The number of benzene rings is 2. The van der Waals surface area contributed by atoms with Crippen LogP contribution in [0.15, 0.2) is 47.4 Å². The van der Waals surface area contributed by atoms with Crippen LogP contribution < -0.4 is 5.32 Å². The van der Waals surface area contributed by atoms with E-state index in [0.29, 0.717) is 18.5 Å². The van der Waals surface area contributed by atoms with Crippen molar-refractivity contribution in [2.24, 2.45) is 11.8 Å². The van der Waals surface area contributed by atoms with Crippen LogP contribution in [0.3, 0.4) is 0 Å². The highest BCUT2D eigenvalue weighted by molar-refractivity contribution is 7.90. The molecule has 1 saturated heterocycles. The Balaban J connectivity index is 1.56. The van der Waals surface area contributed by atoms with E-state index in [4.69, 9.17) is 0 Å². The van der Waals surface area contributed by atoms with Gasteiger partial charge in [0, 0.05) is 18.4 Å². The van der Waals surface area contributed by atoms with E-state index in [9.17, 15) is 22.4 Å². The van der Waals surface area contributed by atoms with E-state index >= 15 is 0 Å². The third-order valence-electron chi connectivity index (χ3n) is 6.53. The summed E-state index contributed by atoms with van der Waals surface area (Å²) in [6, 6.07) is 9.99. The normalized spacial score (nSPS) is 21.6. The summed E-state index contributed by atoms with van der Waals surface area (Å²) in [5.41, 5.74) is 1.53. The van der Waals surface area contributed by atoms with E-state index < -0.39 is 15.9 Å². The van der Waals surface area contributed by atoms with E-state index in [2.05, 4.69) is 5.32 Å². The van der Waals surface area contributed by atoms with E-state index in [1.54, 1.807) is 19.1 Å². The predicted molar refractivity (Wildman–Crippen MR) is 123 cm³/mol. The number of nitrogens with zero attached hydrogens (tertiary/aromatic N) is 1. The van der Waals surface area contributed by atoms with Gasteiger partial charge >= 0.3 is 0 Å². The standard InChI is InChI=1S/C25H29FN2O4S/c1-15-11-22(28(14-15)25(30)19-5-4-6-20(12-19)33(3,31)32)24(29)27-23(17-9-10-17)18-8-7-16(2)21(26)13-18/h4-8,12-13,15,17,22-23H,9-11,14H2,1-3H3,(H,27,29)/t15-,22-,23-/m1/s1. The number of nitrogens with one attached hydrogen (secondary N) is 1. The van der Waals surface area contributed by atoms with Gasteiger partial charge in [0.1, 0.15) is 11.9 Å². The van der Waals surface area contributed by atoms with Crippen molar-refractivity contribution in [3.8, 4) is 0 Å². The molecule has 1 saturated carbocycles. The predicted octanol–water partition coefficient (Wildman–Crippen LogP) is 3.66. The van der Waals surface area contributed by atoms with Crippen LogP contribution in [0.4, 0.5) is 4.39 Å². The van der Waals surface area contributed by atoms with Gasteiger partial charge in [0.25, 0.3) is 5.91 Å². The number of hydrogen-bond donors (Lipinski definition) is 1. The lowest BCUT2D eigenvalue weighted by atomic mass is 9.99. The molecule has 2 aliphatic rings. The number of likely N-dealkylation sites (tertiary alicyclic amines) is 1. The first-order valence-electron chi connectivity index (χ1n) is 11.2. The van der Waals surface area contributed by atoms with E-state index in [1.165, 1.54) is 29.2 Å². The summed E-state index contributed by atoms with van der Waals surface area (Å²) in [6.07, 6.45) is 3.53. The number of carbonyl (C=O) groups excluding carboxylic acids is 2. The Morgan fingerprint density at radius 3 is 2.52 bits per heavy atom. The fourth-order valence-corrected chi connectivity index (χ4v) is 5.17. The summed E-state index contributed by atoms with van der Waals surface area (Å²) < 4.78 is 38.0. The van der Waals surface area contributed by atoms with Gasteiger partial charge in [0.15, 0.2) is 9.84 Å². The van der Waals surface area contributed by atoms with Gasteiger partial charge in [0.05, 0.1) is 10.9 Å². The Labute approximate surface area is 194 Å². The summed E-state index contributed by atoms with van der Waals surface area (Å²) in [5.74, 6) is -0.548. The molecule has 2 fully saturated rings. The van der Waals surface area contributed by atoms with Crippen molar-refractivity contribution in [2.45, 2.75) is 50.1 Å². The zero-order valence-corrected chi connectivity index (χ0v) is 19.9. The number of hydrogen-bond acceptors (Lipinski definition) is 4. The Bertz CT molecular complexity index is 1190. The molecule has 2 aromatic rings. The minimum atomic E-state index is -3.46. The SMILES string of the molecule is Cc1ccc([C@H](NC(=O)[C@H]2C[C@@H](C)CN2C(=O)c2cccc(S(C)(=O)=O)c2)C2CC2)cc1F. The van der Waals surface area contributed by atoms with Crippen molar-refractivity contribution < 1.29 is 22.4 Å². The van der Waals surface area contributed by atoms with Crippen molar-refractivity contribution in [3.05, 3.63) is 65.0 Å². The monoisotopic (exact) mass is 472 g/mol. The van der Waals surface area contributed by atoms with Gasteiger partial charge in [-0.25, -0.2) is 12.8 Å². The molecule has 1 heterocycles. The first-order chi connectivity index (χ1) is 15.5.